The Morgan fingerprint density at radius 2 is 2.06 bits per heavy atom. The molecule has 0 N–H and O–H groups in total. The lowest BCUT2D eigenvalue weighted by molar-refractivity contribution is -0.163. The van der Waals surface area contributed by atoms with Gasteiger partial charge in [0.15, 0.2) is 6.10 Å². The topological polar surface area (TPSA) is 44.8 Å². The van der Waals surface area contributed by atoms with Gasteiger partial charge in [0.05, 0.1) is 19.8 Å². The zero-order valence-electron chi connectivity index (χ0n) is 10.7. The second-order valence-corrected chi connectivity index (χ2v) is 4.38. The average Bonchev–Trinajstić information content (AvgIpc) is 2.60. The van der Waals surface area contributed by atoms with E-state index in [0.717, 1.165) is 12.0 Å². The summed E-state index contributed by atoms with van der Waals surface area (Å²) in [6.45, 7) is 2.49. The highest BCUT2D eigenvalue weighted by Gasteiger charge is 2.35. The van der Waals surface area contributed by atoms with E-state index in [-0.39, 0.29) is 6.10 Å². The second-order valence-electron chi connectivity index (χ2n) is 4.38. The maximum atomic E-state index is 11.8. The molecule has 1 heterocycles. The number of rotatable bonds is 2. The Bertz CT molecular complexity index is 390. The van der Waals surface area contributed by atoms with Crippen molar-refractivity contribution in [1.82, 2.24) is 0 Å². The molecular formula is C14H18O4. The molecule has 18 heavy (non-hydrogen) atoms. The SMILES string of the molecule is COC(=O)C1OCCC(C)OC1c1ccccc1. The molecule has 98 valence electrons. The van der Waals surface area contributed by atoms with E-state index in [0.29, 0.717) is 6.61 Å². The summed E-state index contributed by atoms with van der Waals surface area (Å²) in [6.07, 6.45) is -0.264. The molecule has 0 aromatic heterocycles. The van der Waals surface area contributed by atoms with Gasteiger partial charge in [0, 0.05) is 0 Å². The number of carbonyl (C=O) groups is 1. The molecule has 2 rings (SSSR count). The monoisotopic (exact) mass is 250 g/mol. The number of esters is 1. The molecule has 0 amide bonds. The van der Waals surface area contributed by atoms with Gasteiger partial charge in [0.1, 0.15) is 6.10 Å². The van der Waals surface area contributed by atoms with Crippen LogP contribution >= 0.6 is 0 Å². The summed E-state index contributed by atoms with van der Waals surface area (Å²) in [7, 11) is 1.36. The van der Waals surface area contributed by atoms with Crippen LogP contribution in [0.3, 0.4) is 0 Å². The summed E-state index contributed by atoms with van der Waals surface area (Å²) in [6, 6.07) is 9.63. The fourth-order valence-corrected chi connectivity index (χ4v) is 2.04. The first-order valence-corrected chi connectivity index (χ1v) is 6.12. The van der Waals surface area contributed by atoms with Crippen molar-refractivity contribution >= 4 is 5.97 Å². The highest BCUT2D eigenvalue weighted by atomic mass is 16.6. The number of carbonyl (C=O) groups excluding carboxylic acids is 1. The Labute approximate surface area is 107 Å². The molecule has 0 spiro atoms. The maximum Gasteiger partial charge on any atom is 0.338 e. The molecule has 1 fully saturated rings. The van der Waals surface area contributed by atoms with Crippen molar-refractivity contribution in [2.45, 2.75) is 31.7 Å². The molecule has 0 saturated carbocycles. The molecule has 3 atom stereocenters. The number of methoxy groups -OCH3 is 1. The minimum atomic E-state index is -0.692. The van der Waals surface area contributed by atoms with Crippen molar-refractivity contribution < 1.29 is 19.0 Å². The van der Waals surface area contributed by atoms with E-state index in [9.17, 15) is 4.79 Å². The standard InChI is InChI=1S/C14H18O4/c1-10-8-9-17-13(14(15)16-2)12(18-10)11-6-4-3-5-7-11/h3-7,10,12-13H,8-9H2,1-2H3. The van der Waals surface area contributed by atoms with Gasteiger partial charge in [-0.25, -0.2) is 4.79 Å². The van der Waals surface area contributed by atoms with Crippen LogP contribution in [0.4, 0.5) is 0 Å². The van der Waals surface area contributed by atoms with Crippen LogP contribution in [0.25, 0.3) is 0 Å². The van der Waals surface area contributed by atoms with Gasteiger partial charge in [-0.2, -0.15) is 0 Å². The van der Waals surface area contributed by atoms with Crippen LogP contribution in [0.15, 0.2) is 30.3 Å². The number of hydrogen-bond acceptors (Lipinski definition) is 4. The van der Waals surface area contributed by atoms with Gasteiger partial charge in [-0.15, -0.1) is 0 Å². The largest absolute Gasteiger partial charge is 0.467 e. The Balaban J connectivity index is 2.27. The quantitative estimate of drug-likeness (QED) is 0.754. The van der Waals surface area contributed by atoms with Crippen LogP contribution in [-0.4, -0.2) is 31.9 Å². The lowest BCUT2D eigenvalue weighted by Gasteiger charge is -2.24. The molecule has 1 aliphatic heterocycles. The highest BCUT2D eigenvalue weighted by molar-refractivity contribution is 5.75. The van der Waals surface area contributed by atoms with E-state index in [1.54, 1.807) is 0 Å². The fraction of sp³-hybridized carbons (Fsp3) is 0.500. The molecule has 0 radical (unpaired) electrons. The van der Waals surface area contributed by atoms with Gasteiger partial charge < -0.3 is 14.2 Å². The van der Waals surface area contributed by atoms with Gasteiger partial charge in [-0.1, -0.05) is 30.3 Å². The fourth-order valence-electron chi connectivity index (χ4n) is 2.04. The molecule has 4 heteroatoms. The first-order chi connectivity index (χ1) is 8.72. The third-order valence-electron chi connectivity index (χ3n) is 3.04. The Hall–Kier alpha value is -1.39. The van der Waals surface area contributed by atoms with Crippen molar-refractivity contribution in [3.8, 4) is 0 Å². The van der Waals surface area contributed by atoms with E-state index in [1.165, 1.54) is 7.11 Å². The van der Waals surface area contributed by atoms with Gasteiger partial charge in [0.25, 0.3) is 0 Å². The van der Waals surface area contributed by atoms with E-state index in [1.807, 2.05) is 37.3 Å². The van der Waals surface area contributed by atoms with Crippen LogP contribution in [0.2, 0.25) is 0 Å². The first kappa shape index (κ1) is 13.1. The number of ether oxygens (including phenoxy) is 3. The van der Waals surface area contributed by atoms with Crippen molar-refractivity contribution in [3.05, 3.63) is 35.9 Å². The Kier molecular flexibility index (Phi) is 4.33. The summed E-state index contributed by atoms with van der Waals surface area (Å²) in [4.78, 5) is 11.8. The summed E-state index contributed by atoms with van der Waals surface area (Å²) >= 11 is 0. The zero-order chi connectivity index (χ0) is 13.0. The molecule has 1 aromatic carbocycles. The van der Waals surface area contributed by atoms with Crippen LogP contribution in [0.5, 0.6) is 0 Å². The van der Waals surface area contributed by atoms with Crippen LogP contribution < -0.4 is 0 Å². The molecule has 1 saturated heterocycles. The number of benzene rings is 1. The second kappa shape index (κ2) is 5.98. The Morgan fingerprint density at radius 1 is 1.33 bits per heavy atom. The summed E-state index contributed by atoms with van der Waals surface area (Å²) < 4.78 is 16.3. The predicted molar refractivity (Wildman–Crippen MR) is 66.1 cm³/mol. The van der Waals surface area contributed by atoms with Crippen molar-refractivity contribution in [2.75, 3.05) is 13.7 Å². The third kappa shape index (κ3) is 2.89. The summed E-state index contributed by atoms with van der Waals surface area (Å²) in [5, 5.41) is 0. The normalized spacial score (nSPS) is 28.4. The van der Waals surface area contributed by atoms with Crippen molar-refractivity contribution in [2.24, 2.45) is 0 Å². The average molecular weight is 250 g/mol. The molecule has 4 nitrogen and oxygen atoms in total. The van der Waals surface area contributed by atoms with E-state index in [4.69, 9.17) is 14.2 Å². The summed E-state index contributed by atoms with van der Waals surface area (Å²) in [5.41, 5.74) is 0.932. The lowest BCUT2D eigenvalue weighted by Crippen LogP contribution is -2.32. The first-order valence-electron chi connectivity index (χ1n) is 6.12. The van der Waals surface area contributed by atoms with Gasteiger partial charge in [-0.3, -0.25) is 0 Å². The van der Waals surface area contributed by atoms with Crippen LogP contribution in [0.1, 0.15) is 25.0 Å². The molecule has 3 unspecified atom stereocenters. The van der Waals surface area contributed by atoms with E-state index in [2.05, 4.69) is 0 Å². The highest BCUT2D eigenvalue weighted by Crippen LogP contribution is 2.29. The van der Waals surface area contributed by atoms with Crippen molar-refractivity contribution in [1.29, 1.82) is 0 Å². The minimum Gasteiger partial charge on any atom is -0.467 e. The van der Waals surface area contributed by atoms with E-state index < -0.39 is 18.2 Å². The van der Waals surface area contributed by atoms with Gasteiger partial charge in [-0.05, 0) is 18.9 Å². The summed E-state index contributed by atoms with van der Waals surface area (Å²) in [5.74, 6) is -0.391. The minimum absolute atomic E-state index is 0.0601. The maximum absolute atomic E-state index is 11.8. The Morgan fingerprint density at radius 3 is 2.72 bits per heavy atom. The molecule has 0 aliphatic carbocycles. The van der Waals surface area contributed by atoms with E-state index >= 15 is 0 Å². The molecule has 0 bridgehead atoms. The zero-order valence-corrected chi connectivity index (χ0v) is 10.7. The predicted octanol–water partition coefficient (Wildman–Crippen LogP) is 2.09. The van der Waals surface area contributed by atoms with Crippen LogP contribution in [-0.2, 0) is 19.0 Å². The van der Waals surface area contributed by atoms with Gasteiger partial charge in [0.2, 0.25) is 0 Å². The molecule has 1 aliphatic rings. The van der Waals surface area contributed by atoms with Crippen LogP contribution in [0, 0.1) is 0 Å². The molecular weight excluding hydrogens is 232 g/mol. The molecule has 1 aromatic rings. The third-order valence-corrected chi connectivity index (χ3v) is 3.04. The lowest BCUT2D eigenvalue weighted by atomic mass is 10.0. The smallest absolute Gasteiger partial charge is 0.338 e. The van der Waals surface area contributed by atoms with Gasteiger partial charge >= 0.3 is 5.97 Å². The number of hydrogen-bond donors (Lipinski definition) is 0. The van der Waals surface area contributed by atoms with Crippen molar-refractivity contribution in [3.63, 3.8) is 0 Å².